The van der Waals surface area contributed by atoms with Gasteiger partial charge in [0.2, 0.25) is 5.91 Å². The third-order valence-electron chi connectivity index (χ3n) is 4.64. The number of aryl methyl sites for hydroxylation is 1. The molecule has 1 heterocycles. The van der Waals surface area contributed by atoms with E-state index in [0.717, 1.165) is 29.1 Å². The summed E-state index contributed by atoms with van der Waals surface area (Å²) in [6.45, 7) is 6.85. The van der Waals surface area contributed by atoms with E-state index >= 15 is 0 Å². The summed E-state index contributed by atoms with van der Waals surface area (Å²) in [6.07, 6.45) is 1.03. The lowest BCUT2D eigenvalue weighted by Gasteiger charge is -2.17. The zero-order chi connectivity index (χ0) is 15.9. The largest absolute Gasteiger partial charge is 0.341 e. The number of amides is 1. The second kappa shape index (κ2) is 5.59. The number of para-hydroxylation sites is 1. The Labute approximate surface area is 131 Å². The van der Waals surface area contributed by atoms with Gasteiger partial charge in [0.1, 0.15) is 0 Å². The number of hydrogen-bond acceptors (Lipinski definition) is 2. The topological polar surface area (TPSA) is 38.1 Å². The van der Waals surface area contributed by atoms with Crippen molar-refractivity contribution in [2.75, 3.05) is 7.05 Å². The van der Waals surface area contributed by atoms with Gasteiger partial charge < -0.3 is 4.90 Å². The van der Waals surface area contributed by atoms with Gasteiger partial charge in [-0.1, -0.05) is 25.1 Å². The monoisotopic (exact) mass is 297 g/mol. The summed E-state index contributed by atoms with van der Waals surface area (Å²) >= 11 is 0. The molecule has 1 aliphatic carbocycles. The van der Waals surface area contributed by atoms with E-state index in [2.05, 4.69) is 18.9 Å². The van der Waals surface area contributed by atoms with E-state index in [0.29, 0.717) is 12.5 Å². The Morgan fingerprint density at radius 2 is 1.95 bits per heavy atom. The molecule has 2 atom stereocenters. The van der Waals surface area contributed by atoms with Crippen molar-refractivity contribution < 1.29 is 4.79 Å². The van der Waals surface area contributed by atoms with Crippen LogP contribution in [0, 0.1) is 25.7 Å². The van der Waals surface area contributed by atoms with E-state index in [-0.39, 0.29) is 11.8 Å². The maximum atomic E-state index is 12.3. The number of aromatic nitrogens is 2. The second-order valence-electron chi connectivity index (χ2n) is 6.41. The fourth-order valence-corrected chi connectivity index (χ4v) is 2.99. The normalized spacial score (nSPS) is 20.0. The van der Waals surface area contributed by atoms with Gasteiger partial charge in [-0.3, -0.25) is 4.79 Å². The molecule has 4 heteroatoms. The highest BCUT2D eigenvalue weighted by atomic mass is 16.2. The standard InChI is InChI=1S/C18H23N3O/c1-12-10-16(12)18(22)20(4)11-17-13(2)19-21(14(17)3)15-8-6-5-7-9-15/h5-9,12,16H,10-11H2,1-4H3/t12-,16+/m0/s1. The van der Waals surface area contributed by atoms with Crippen molar-refractivity contribution in [3.05, 3.63) is 47.3 Å². The van der Waals surface area contributed by atoms with Crippen LogP contribution in [-0.2, 0) is 11.3 Å². The van der Waals surface area contributed by atoms with E-state index in [1.54, 1.807) is 0 Å². The van der Waals surface area contributed by atoms with Gasteiger partial charge in [0.05, 0.1) is 11.4 Å². The lowest BCUT2D eigenvalue weighted by molar-refractivity contribution is -0.132. The Morgan fingerprint density at radius 1 is 1.32 bits per heavy atom. The summed E-state index contributed by atoms with van der Waals surface area (Å²) in [5.74, 6) is 1.04. The molecule has 1 aromatic heterocycles. The van der Waals surface area contributed by atoms with E-state index in [9.17, 15) is 4.79 Å². The molecule has 4 nitrogen and oxygen atoms in total. The highest BCUT2D eigenvalue weighted by Crippen LogP contribution is 2.39. The van der Waals surface area contributed by atoms with Gasteiger partial charge in [-0.05, 0) is 38.3 Å². The molecule has 1 fully saturated rings. The number of carbonyl (C=O) groups is 1. The zero-order valence-corrected chi connectivity index (χ0v) is 13.7. The van der Waals surface area contributed by atoms with Crippen molar-refractivity contribution in [1.82, 2.24) is 14.7 Å². The Kier molecular flexibility index (Phi) is 3.77. The van der Waals surface area contributed by atoms with Crippen LogP contribution in [0.25, 0.3) is 5.69 Å². The van der Waals surface area contributed by atoms with Gasteiger partial charge in [0.25, 0.3) is 0 Å². The summed E-state index contributed by atoms with van der Waals surface area (Å²) in [7, 11) is 1.89. The Balaban J connectivity index is 1.83. The van der Waals surface area contributed by atoms with Crippen LogP contribution in [0.5, 0.6) is 0 Å². The molecule has 116 valence electrons. The molecule has 2 aromatic rings. The highest BCUT2D eigenvalue weighted by molar-refractivity contribution is 5.81. The SMILES string of the molecule is Cc1nn(-c2ccccc2)c(C)c1CN(C)C(=O)[C@@H]1C[C@@H]1C. The van der Waals surface area contributed by atoms with E-state index < -0.39 is 0 Å². The maximum absolute atomic E-state index is 12.3. The molecule has 0 N–H and O–H groups in total. The molecule has 0 bridgehead atoms. The highest BCUT2D eigenvalue weighted by Gasteiger charge is 2.40. The molecule has 3 rings (SSSR count). The number of rotatable bonds is 4. The molecular formula is C18H23N3O. The third kappa shape index (κ3) is 2.65. The fraction of sp³-hybridized carbons (Fsp3) is 0.444. The Bertz CT molecular complexity index is 690. The molecular weight excluding hydrogens is 274 g/mol. The van der Waals surface area contributed by atoms with Crippen LogP contribution in [0.4, 0.5) is 0 Å². The van der Waals surface area contributed by atoms with Crippen molar-refractivity contribution in [2.24, 2.45) is 11.8 Å². The molecule has 1 amide bonds. The Hall–Kier alpha value is -2.10. The van der Waals surface area contributed by atoms with Gasteiger partial charge in [-0.25, -0.2) is 4.68 Å². The van der Waals surface area contributed by atoms with Crippen LogP contribution >= 0.6 is 0 Å². The van der Waals surface area contributed by atoms with Crippen molar-refractivity contribution in [3.63, 3.8) is 0 Å². The predicted octanol–water partition coefficient (Wildman–Crippen LogP) is 3.10. The van der Waals surface area contributed by atoms with Crippen LogP contribution in [-0.4, -0.2) is 27.6 Å². The fourth-order valence-electron chi connectivity index (χ4n) is 2.99. The van der Waals surface area contributed by atoms with Crippen LogP contribution < -0.4 is 0 Å². The molecule has 0 unspecified atom stereocenters. The van der Waals surface area contributed by atoms with Gasteiger partial charge in [0, 0.05) is 30.8 Å². The van der Waals surface area contributed by atoms with Crippen LogP contribution in [0.1, 0.15) is 30.3 Å². The quantitative estimate of drug-likeness (QED) is 0.869. The minimum atomic E-state index is 0.231. The average Bonchev–Trinajstić information content (AvgIpc) is 3.19. The summed E-state index contributed by atoms with van der Waals surface area (Å²) < 4.78 is 1.96. The van der Waals surface area contributed by atoms with Crippen molar-refractivity contribution in [3.8, 4) is 5.69 Å². The smallest absolute Gasteiger partial charge is 0.226 e. The molecule has 0 saturated heterocycles. The number of nitrogens with zero attached hydrogens (tertiary/aromatic N) is 3. The molecule has 0 radical (unpaired) electrons. The van der Waals surface area contributed by atoms with Crippen LogP contribution in [0.3, 0.4) is 0 Å². The van der Waals surface area contributed by atoms with E-state index in [1.165, 1.54) is 0 Å². The van der Waals surface area contributed by atoms with Crippen molar-refractivity contribution in [2.45, 2.75) is 33.7 Å². The molecule has 0 aliphatic heterocycles. The number of hydrogen-bond donors (Lipinski definition) is 0. The number of carbonyl (C=O) groups excluding carboxylic acids is 1. The first-order chi connectivity index (χ1) is 10.5. The molecule has 0 spiro atoms. The predicted molar refractivity (Wildman–Crippen MR) is 86.8 cm³/mol. The summed E-state index contributed by atoms with van der Waals surface area (Å²) in [5.41, 5.74) is 4.30. The lowest BCUT2D eigenvalue weighted by atomic mass is 10.1. The molecule has 1 aromatic carbocycles. The van der Waals surface area contributed by atoms with Gasteiger partial charge in [0.15, 0.2) is 0 Å². The minimum absolute atomic E-state index is 0.231. The lowest BCUT2D eigenvalue weighted by Crippen LogP contribution is -2.28. The average molecular weight is 297 g/mol. The van der Waals surface area contributed by atoms with E-state index in [4.69, 9.17) is 0 Å². The summed E-state index contributed by atoms with van der Waals surface area (Å²) in [4.78, 5) is 14.2. The third-order valence-corrected chi connectivity index (χ3v) is 4.64. The van der Waals surface area contributed by atoms with Crippen molar-refractivity contribution in [1.29, 1.82) is 0 Å². The van der Waals surface area contributed by atoms with Gasteiger partial charge in [-0.15, -0.1) is 0 Å². The van der Waals surface area contributed by atoms with Crippen molar-refractivity contribution >= 4 is 5.91 Å². The minimum Gasteiger partial charge on any atom is -0.341 e. The number of benzene rings is 1. The first kappa shape index (κ1) is 14.8. The maximum Gasteiger partial charge on any atom is 0.226 e. The Morgan fingerprint density at radius 3 is 2.55 bits per heavy atom. The zero-order valence-electron chi connectivity index (χ0n) is 13.7. The molecule has 22 heavy (non-hydrogen) atoms. The van der Waals surface area contributed by atoms with Crippen LogP contribution in [0.2, 0.25) is 0 Å². The van der Waals surface area contributed by atoms with Gasteiger partial charge in [-0.2, -0.15) is 5.10 Å². The van der Waals surface area contributed by atoms with Crippen LogP contribution in [0.15, 0.2) is 30.3 Å². The summed E-state index contributed by atoms with van der Waals surface area (Å²) in [5, 5.41) is 4.65. The first-order valence-electron chi connectivity index (χ1n) is 7.84. The molecule has 1 saturated carbocycles. The van der Waals surface area contributed by atoms with Gasteiger partial charge >= 0.3 is 0 Å². The van der Waals surface area contributed by atoms with E-state index in [1.807, 2.05) is 53.9 Å². The second-order valence-corrected chi connectivity index (χ2v) is 6.41. The first-order valence-corrected chi connectivity index (χ1v) is 7.84. The summed E-state index contributed by atoms with van der Waals surface area (Å²) in [6, 6.07) is 10.1. The molecule has 1 aliphatic rings.